The Bertz CT molecular complexity index is 1510. The van der Waals surface area contributed by atoms with Gasteiger partial charge in [0.2, 0.25) is 0 Å². The lowest BCUT2D eigenvalue weighted by Gasteiger charge is -2.28. The van der Waals surface area contributed by atoms with E-state index in [2.05, 4.69) is 82.4 Å². The van der Waals surface area contributed by atoms with Crippen LogP contribution in [0.2, 0.25) is 0 Å². The number of aromatic nitrogens is 4. The summed E-state index contributed by atoms with van der Waals surface area (Å²) in [6.45, 7) is 14.3. The van der Waals surface area contributed by atoms with E-state index in [-0.39, 0.29) is 0 Å². The third-order valence-electron chi connectivity index (χ3n) is 8.46. The molecule has 1 aliphatic heterocycles. The van der Waals surface area contributed by atoms with E-state index in [0.717, 1.165) is 71.1 Å². The minimum Gasteiger partial charge on any atom is -0.370 e. The molecule has 0 radical (unpaired) electrons. The van der Waals surface area contributed by atoms with Gasteiger partial charge in [0.05, 0.1) is 16.7 Å². The number of nitrogens with zero attached hydrogens (tertiary/aromatic N) is 3. The van der Waals surface area contributed by atoms with E-state index in [1.54, 1.807) is 0 Å². The largest absolute Gasteiger partial charge is 0.370 e. The van der Waals surface area contributed by atoms with Crippen LogP contribution >= 0.6 is 0 Å². The molecule has 0 atom stereocenters. The highest BCUT2D eigenvalue weighted by Gasteiger charge is 2.19. The van der Waals surface area contributed by atoms with Gasteiger partial charge in [-0.05, 0) is 92.5 Å². The van der Waals surface area contributed by atoms with Crippen LogP contribution in [0.25, 0.3) is 39.0 Å². The standard InChI is InChI=1S/C33H40N6.C2H6/c1-3-23(21-34-22-24-11-6-7-12-24)19-25(4-2)26-15-16-28-27(20-26)31(38-37-28)33-35-29-13-10-14-30(32(29)36-33)39-17-8-5-9-18-39;1-2/h3-4,10,13-16,19-20,24,34H,1,5-9,11-12,17-18,21-22H2,2H3,(H,35,36)(H,37,38);1-2H3/b23-19+,25-4+;. The summed E-state index contributed by atoms with van der Waals surface area (Å²) >= 11 is 0. The number of imidazole rings is 1. The molecule has 1 saturated carbocycles. The first-order valence-electron chi connectivity index (χ1n) is 15.7. The van der Waals surface area contributed by atoms with Crippen molar-refractivity contribution in [2.45, 2.75) is 65.7 Å². The Morgan fingerprint density at radius 2 is 1.85 bits per heavy atom. The maximum Gasteiger partial charge on any atom is 0.159 e. The fourth-order valence-electron chi connectivity index (χ4n) is 6.24. The molecule has 6 nitrogen and oxygen atoms in total. The number of nitrogens with one attached hydrogen (secondary N) is 3. The van der Waals surface area contributed by atoms with Crippen LogP contribution in [0, 0.1) is 5.92 Å². The second kappa shape index (κ2) is 13.8. The number of piperidine rings is 1. The molecule has 0 unspecified atom stereocenters. The van der Waals surface area contributed by atoms with Crippen molar-refractivity contribution in [3.63, 3.8) is 0 Å². The second-order valence-electron chi connectivity index (χ2n) is 11.1. The number of H-pyrrole nitrogens is 2. The minimum atomic E-state index is 0.804. The average molecular weight is 551 g/mol. The van der Waals surface area contributed by atoms with Crippen LogP contribution in [0.4, 0.5) is 5.69 Å². The van der Waals surface area contributed by atoms with Gasteiger partial charge in [0.1, 0.15) is 11.2 Å². The molecule has 2 fully saturated rings. The molecule has 1 aliphatic carbocycles. The number of rotatable bonds is 9. The van der Waals surface area contributed by atoms with Crippen molar-refractivity contribution in [3.8, 4) is 11.5 Å². The van der Waals surface area contributed by atoms with Crippen LogP contribution in [0.5, 0.6) is 0 Å². The van der Waals surface area contributed by atoms with Crippen molar-refractivity contribution in [1.82, 2.24) is 25.5 Å². The van der Waals surface area contributed by atoms with E-state index in [9.17, 15) is 0 Å². The zero-order valence-corrected chi connectivity index (χ0v) is 25.1. The van der Waals surface area contributed by atoms with Crippen molar-refractivity contribution in [3.05, 3.63) is 72.3 Å². The van der Waals surface area contributed by atoms with Gasteiger partial charge >= 0.3 is 0 Å². The van der Waals surface area contributed by atoms with E-state index >= 15 is 0 Å². The molecule has 3 heterocycles. The molecule has 0 amide bonds. The van der Waals surface area contributed by atoms with E-state index in [1.165, 1.54) is 61.8 Å². The number of anilines is 1. The molecule has 0 spiro atoms. The smallest absolute Gasteiger partial charge is 0.159 e. The molecule has 0 bridgehead atoms. The van der Waals surface area contributed by atoms with Crippen molar-refractivity contribution in [2.75, 3.05) is 31.1 Å². The van der Waals surface area contributed by atoms with Gasteiger partial charge in [-0.25, -0.2) is 4.98 Å². The molecular weight excluding hydrogens is 504 g/mol. The molecule has 6 heteroatoms. The van der Waals surface area contributed by atoms with Gasteiger partial charge < -0.3 is 15.2 Å². The van der Waals surface area contributed by atoms with Crippen LogP contribution < -0.4 is 10.2 Å². The molecule has 4 aromatic rings. The zero-order chi connectivity index (χ0) is 28.6. The molecule has 3 N–H and O–H groups in total. The summed E-state index contributed by atoms with van der Waals surface area (Å²) in [6, 6.07) is 12.9. The molecule has 216 valence electrons. The average Bonchev–Trinajstić information content (AvgIpc) is 3.79. The summed E-state index contributed by atoms with van der Waals surface area (Å²) in [7, 11) is 0. The number of aromatic amines is 2. The third-order valence-corrected chi connectivity index (χ3v) is 8.46. The number of benzene rings is 2. The highest BCUT2D eigenvalue weighted by atomic mass is 15.2. The first-order chi connectivity index (χ1) is 20.2. The normalized spacial score (nSPS) is 16.8. The lowest BCUT2D eigenvalue weighted by Crippen LogP contribution is -2.29. The number of allylic oxidation sites excluding steroid dienone is 3. The summed E-state index contributed by atoms with van der Waals surface area (Å²) in [5, 5.41) is 12.6. The number of fused-ring (bicyclic) bond motifs is 2. The van der Waals surface area contributed by atoms with Crippen molar-refractivity contribution >= 4 is 33.2 Å². The first-order valence-corrected chi connectivity index (χ1v) is 15.7. The van der Waals surface area contributed by atoms with Gasteiger partial charge in [0, 0.05) is 25.0 Å². The van der Waals surface area contributed by atoms with E-state index in [0.29, 0.717) is 0 Å². The minimum absolute atomic E-state index is 0.804. The van der Waals surface area contributed by atoms with Crippen molar-refractivity contribution < 1.29 is 0 Å². The van der Waals surface area contributed by atoms with Gasteiger partial charge in [-0.3, -0.25) is 5.10 Å². The molecule has 6 rings (SSSR count). The second-order valence-corrected chi connectivity index (χ2v) is 11.1. The number of hydrogen-bond donors (Lipinski definition) is 3. The third kappa shape index (κ3) is 6.48. The van der Waals surface area contributed by atoms with Crippen molar-refractivity contribution in [2.24, 2.45) is 5.92 Å². The summed E-state index contributed by atoms with van der Waals surface area (Å²) in [5.41, 5.74) is 8.71. The summed E-state index contributed by atoms with van der Waals surface area (Å²) < 4.78 is 0. The number of para-hydroxylation sites is 1. The maximum absolute atomic E-state index is 5.08. The van der Waals surface area contributed by atoms with Crippen LogP contribution in [-0.4, -0.2) is 46.3 Å². The number of hydrogen-bond acceptors (Lipinski definition) is 4. The fraction of sp³-hybridized carbons (Fsp3) is 0.429. The van der Waals surface area contributed by atoms with Crippen LogP contribution in [0.3, 0.4) is 0 Å². The fourth-order valence-corrected chi connectivity index (χ4v) is 6.24. The Morgan fingerprint density at radius 1 is 1.05 bits per heavy atom. The first kappa shape index (κ1) is 28.9. The highest BCUT2D eigenvalue weighted by molar-refractivity contribution is 5.97. The summed E-state index contributed by atoms with van der Waals surface area (Å²) in [4.78, 5) is 11.1. The molecule has 2 aromatic carbocycles. The molecule has 2 aromatic heterocycles. The predicted octanol–water partition coefficient (Wildman–Crippen LogP) is 8.42. The maximum atomic E-state index is 5.08. The summed E-state index contributed by atoms with van der Waals surface area (Å²) in [5.74, 6) is 1.63. The lowest BCUT2D eigenvalue weighted by atomic mass is 10.00. The van der Waals surface area contributed by atoms with Gasteiger partial charge in [0.15, 0.2) is 5.82 Å². The highest BCUT2D eigenvalue weighted by Crippen LogP contribution is 2.33. The molecule has 41 heavy (non-hydrogen) atoms. The SMILES string of the molecule is C=C/C(=C\C(=C/C)c1ccc2[nH]nc(-c3nc4c(N5CCCCC5)cccc4[nH]3)c2c1)CNCC1CCCC1.CC. The van der Waals surface area contributed by atoms with E-state index in [1.807, 2.05) is 19.9 Å². The monoisotopic (exact) mass is 550 g/mol. The van der Waals surface area contributed by atoms with Gasteiger partial charge in [0.25, 0.3) is 0 Å². The van der Waals surface area contributed by atoms with Gasteiger partial charge in [-0.2, -0.15) is 5.10 Å². The predicted molar refractivity (Wildman–Crippen MR) is 175 cm³/mol. The van der Waals surface area contributed by atoms with Crippen LogP contribution in [0.1, 0.15) is 71.3 Å². The Kier molecular flexibility index (Phi) is 9.73. The van der Waals surface area contributed by atoms with Crippen LogP contribution in [-0.2, 0) is 0 Å². The van der Waals surface area contributed by atoms with Gasteiger partial charge in [-0.1, -0.05) is 63.6 Å². The van der Waals surface area contributed by atoms with E-state index < -0.39 is 0 Å². The Labute approximate surface area is 245 Å². The topological polar surface area (TPSA) is 72.6 Å². The van der Waals surface area contributed by atoms with E-state index in [4.69, 9.17) is 10.1 Å². The molecule has 1 saturated heterocycles. The van der Waals surface area contributed by atoms with Crippen LogP contribution in [0.15, 0.2) is 66.8 Å². The molecular formula is C35H46N6. The quantitative estimate of drug-likeness (QED) is 0.183. The molecule has 2 aliphatic rings. The Hall–Kier alpha value is -3.64. The Balaban J connectivity index is 0.00000165. The zero-order valence-electron chi connectivity index (χ0n) is 25.1. The summed E-state index contributed by atoms with van der Waals surface area (Å²) in [6.07, 6.45) is 15.7. The van der Waals surface area contributed by atoms with Gasteiger partial charge in [-0.15, -0.1) is 0 Å². The van der Waals surface area contributed by atoms with Crippen molar-refractivity contribution in [1.29, 1.82) is 0 Å². The lowest BCUT2D eigenvalue weighted by molar-refractivity contribution is 0.503. The Morgan fingerprint density at radius 3 is 2.61 bits per heavy atom.